The first kappa shape index (κ1) is 12.7. The molecule has 2 atom stereocenters. The van der Waals surface area contributed by atoms with Crippen LogP contribution in [0.15, 0.2) is 24.3 Å². The maximum atomic E-state index is 8.69. The van der Waals surface area contributed by atoms with Crippen molar-refractivity contribution in [1.82, 2.24) is 5.32 Å². The smallest absolute Gasteiger partial charge is 0.0991 e. The maximum absolute atomic E-state index is 8.69. The molecule has 86 valence electrons. The predicted octanol–water partition coefficient (Wildman–Crippen LogP) is 2.24. The Morgan fingerprint density at radius 3 is 2.44 bits per heavy atom. The van der Waals surface area contributed by atoms with E-state index in [1.165, 1.54) is 5.56 Å². The first-order valence-corrected chi connectivity index (χ1v) is 5.43. The van der Waals surface area contributed by atoms with Crippen molar-refractivity contribution >= 4 is 0 Å². The van der Waals surface area contributed by atoms with Gasteiger partial charge < -0.3 is 10.1 Å². The van der Waals surface area contributed by atoms with E-state index in [-0.39, 0.29) is 12.1 Å². The van der Waals surface area contributed by atoms with Crippen molar-refractivity contribution in [3.8, 4) is 6.07 Å². The Balaban J connectivity index is 2.53. The molecular weight excluding hydrogens is 200 g/mol. The number of benzene rings is 1. The van der Waals surface area contributed by atoms with E-state index in [2.05, 4.69) is 18.3 Å². The minimum Gasteiger partial charge on any atom is -0.380 e. The van der Waals surface area contributed by atoms with Gasteiger partial charge in [-0.05, 0) is 31.5 Å². The van der Waals surface area contributed by atoms with E-state index in [1.54, 1.807) is 7.11 Å². The van der Waals surface area contributed by atoms with Gasteiger partial charge in [-0.2, -0.15) is 5.26 Å². The van der Waals surface area contributed by atoms with Crippen LogP contribution in [0, 0.1) is 11.3 Å². The fourth-order valence-corrected chi connectivity index (χ4v) is 1.39. The summed E-state index contributed by atoms with van der Waals surface area (Å²) in [5.41, 5.74) is 1.88. The second kappa shape index (κ2) is 6.26. The number of nitrogens with one attached hydrogen (secondary N) is 1. The molecule has 0 unspecified atom stereocenters. The molecule has 0 amide bonds. The van der Waals surface area contributed by atoms with Crippen molar-refractivity contribution < 1.29 is 4.74 Å². The van der Waals surface area contributed by atoms with Crippen LogP contribution in [0.25, 0.3) is 0 Å². The highest BCUT2D eigenvalue weighted by molar-refractivity contribution is 5.32. The van der Waals surface area contributed by atoms with Crippen molar-refractivity contribution in [3.63, 3.8) is 0 Å². The quantitative estimate of drug-likeness (QED) is 0.824. The molecule has 1 N–H and O–H groups in total. The number of hydrogen-bond acceptors (Lipinski definition) is 3. The zero-order valence-electron chi connectivity index (χ0n) is 10.0. The van der Waals surface area contributed by atoms with Gasteiger partial charge in [0.05, 0.1) is 17.7 Å². The molecule has 0 radical (unpaired) electrons. The van der Waals surface area contributed by atoms with Crippen LogP contribution in [0.2, 0.25) is 0 Å². The van der Waals surface area contributed by atoms with Gasteiger partial charge in [-0.3, -0.25) is 0 Å². The summed E-state index contributed by atoms with van der Waals surface area (Å²) < 4.78 is 5.17. The molecule has 16 heavy (non-hydrogen) atoms. The summed E-state index contributed by atoms with van der Waals surface area (Å²) in [5.74, 6) is 0. The van der Waals surface area contributed by atoms with E-state index in [9.17, 15) is 0 Å². The number of nitrogens with zero attached hydrogens (tertiary/aromatic N) is 1. The first-order chi connectivity index (χ1) is 7.67. The molecule has 0 spiro atoms. The van der Waals surface area contributed by atoms with E-state index in [4.69, 9.17) is 10.00 Å². The molecule has 0 aromatic heterocycles. The second-order valence-corrected chi connectivity index (χ2v) is 3.91. The number of ether oxygens (including phenoxy) is 1. The standard InChI is InChI=1S/C13H18N2O/c1-10(16-3)9-15-11(2)13-6-4-12(8-14)5-7-13/h4-7,10-11,15H,9H2,1-3H3/t10-,11+/m1/s1. The molecule has 0 saturated heterocycles. The van der Waals surface area contributed by atoms with E-state index in [0.717, 1.165) is 6.54 Å². The van der Waals surface area contributed by atoms with Gasteiger partial charge in [0.25, 0.3) is 0 Å². The highest BCUT2D eigenvalue weighted by Crippen LogP contribution is 2.12. The highest BCUT2D eigenvalue weighted by atomic mass is 16.5. The van der Waals surface area contributed by atoms with Crippen LogP contribution in [-0.4, -0.2) is 19.8 Å². The number of rotatable bonds is 5. The summed E-state index contributed by atoms with van der Waals surface area (Å²) in [6, 6.07) is 10.0. The van der Waals surface area contributed by atoms with E-state index >= 15 is 0 Å². The predicted molar refractivity (Wildman–Crippen MR) is 64.0 cm³/mol. The van der Waals surface area contributed by atoms with Crippen LogP contribution in [0.5, 0.6) is 0 Å². The third-order valence-electron chi connectivity index (χ3n) is 2.65. The van der Waals surface area contributed by atoms with Gasteiger partial charge in [-0.15, -0.1) is 0 Å². The van der Waals surface area contributed by atoms with Crippen molar-refractivity contribution in [2.45, 2.75) is 26.0 Å². The molecule has 0 fully saturated rings. The Morgan fingerprint density at radius 1 is 1.31 bits per heavy atom. The van der Waals surface area contributed by atoms with Gasteiger partial charge in [-0.25, -0.2) is 0 Å². The summed E-state index contributed by atoms with van der Waals surface area (Å²) >= 11 is 0. The molecule has 0 heterocycles. The minimum absolute atomic E-state index is 0.209. The number of nitriles is 1. The van der Waals surface area contributed by atoms with Crippen molar-refractivity contribution in [1.29, 1.82) is 5.26 Å². The van der Waals surface area contributed by atoms with Crippen LogP contribution in [0.3, 0.4) is 0 Å². The van der Waals surface area contributed by atoms with Crippen molar-refractivity contribution in [2.75, 3.05) is 13.7 Å². The molecule has 1 rings (SSSR count). The monoisotopic (exact) mass is 218 g/mol. The summed E-state index contributed by atoms with van der Waals surface area (Å²) in [4.78, 5) is 0. The van der Waals surface area contributed by atoms with Crippen molar-refractivity contribution in [3.05, 3.63) is 35.4 Å². The zero-order valence-corrected chi connectivity index (χ0v) is 10.0. The lowest BCUT2D eigenvalue weighted by atomic mass is 10.1. The van der Waals surface area contributed by atoms with Crippen LogP contribution in [0.4, 0.5) is 0 Å². The molecule has 0 saturated carbocycles. The molecule has 0 aliphatic carbocycles. The average molecular weight is 218 g/mol. The summed E-state index contributed by atoms with van der Waals surface area (Å²) in [5, 5.41) is 12.1. The summed E-state index contributed by atoms with van der Waals surface area (Å²) in [6.07, 6.45) is 0.209. The first-order valence-electron chi connectivity index (χ1n) is 5.43. The molecule has 1 aromatic carbocycles. The van der Waals surface area contributed by atoms with E-state index in [0.29, 0.717) is 5.56 Å². The number of hydrogen-bond donors (Lipinski definition) is 1. The molecule has 3 heteroatoms. The van der Waals surface area contributed by atoms with Crippen LogP contribution >= 0.6 is 0 Å². The van der Waals surface area contributed by atoms with Crippen LogP contribution in [-0.2, 0) is 4.74 Å². The van der Waals surface area contributed by atoms with Gasteiger partial charge in [0.2, 0.25) is 0 Å². The molecular formula is C13H18N2O. The lowest BCUT2D eigenvalue weighted by molar-refractivity contribution is 0.115. The van der Waals surface area contributed by atoms with Gasteiger partial charge in [-0.1, -0.05) is 12.1 Å². The fraction of sp³-hybridized carbons (Fsp3) is 0.462. The molecule has 0 aliphatic rings. The third kappa shape index (κ3) is 3.65. The third-order valence-corrected chi connectivity index (χ3v) is 2.65. The summed E-state index contributed by atoms with van der Waals surface area (Å²) in [7, 11) is 1.71. The highest BCUT2D eigenvalue weighted by Gasteiger charge is 2.06. The molecule has 1 aromatic rings. The molecule has 3 nitrogen and oxygen atoms in total. The largest absolute Gasteiger partial charge is 0.380 e. The lowest BCUT2D eigenvalue weighted by Crippen LogP contribution is -2.28. The van der Waals surface area contributed by atoms with E-state index < -0.39 is 0 Å². The normalized spacial score (nSPS) is 14.1. The van der Waals surface area contributed by atoms with E-state index in [1.807, 2.05) is 31.2 Å². The van der Waals surface area contributed by atoms with Crippen LogP contribution in [0.1, 0.15) is 31.0 Å². The van der Waals surface area contributed by atoms with Crippen LogP contribution < -0.4 is 5.32 Å². The molecule has 0 aliphatic heterocycles. The lowest BCUT2D eigenvalue weighted by Gasteiger charge is -2.17. The fourth-order valence-electron chi connectivity index (χ4n) is 1.39. The summed E-state index contributed by atoms with van der Waals surface area (Å²) in [6.45, 7) is 4.94. The average Bonchev–Trinajstić information content (AvgIpc) is 2.35. The maximum Gasteiger partial charge on any atom is 0.0991 e. The topological polar surface area (TPSA) is 45.0 Å². The Hall–Kier alpha value is -1.37. The Labute approximate surface area is 97.0 Å². The number of methoxy groups -OCH3 is 1. The van der Waals surface area contributed by atoms with Gasteiger partial charge >= 0.3 is 0 Å². The Kier molecular flexibility index (Phi) is 4.97. The molecule has 0 bridgehead atoms. The van der Waals surface area contributed by atoms with Gasteiger partial charge in [0, 0.05) is 19.7 Å². The zero-order chi connectivity index (χ0) is 12.0. The van der Waals surface area contributed by atoms with Crippen molar-refractivity contribution in [2.24, 2.45) is 0 Å². The minimum atomic E-state index is 0.209. The SMILES string of the molecule is CO[C@H](C)CN[C@@H](C)c1ccc(C#N)cc1. The van der Waals surface area contributed by atoms with Gasteiger partial charge in [0.1, 0.15) is 0 Å². The second-order valence-electron chi connectivity index (χ2n) is 3.91. The van der Waals surface area contributed by atoms with Gasteiger partial charge in [0.15, 0.2) is 0 Å². The Bertz CT molecular complexity index is 353. The Morgan fingerprint density at radius 2 is 1.94 bits per heavy atom.